The summed E-state index contributed by atoms with van der Waals surface area (Å²) >= 11 is 0. The second-order valence-electron chi connectivity index (χ2n) is 5.98. The number of carbonyl (C=O) groups excluding carboxylic acids is 1. The Labute approximate surface area is 122 Å². The minimum atomic E-state index is 0.0384. The molecule has 0 radical (unpaired) electrons. The molecular weight excluding hydrogens is 248 g/mol. The number of carbonyl (C=O) groups is 1. The summed E-state index contributed by atoms with van der Waals surface area (Å²) in [6, 6.07) is 8.33. The first kappa shape index (κ1) is 15.0. The number of rotatable bonds is 5. The lowest BCUT2D eigenvalue weighted by molar-refractivity contribution is -0.115. The largest absolute Gasteiger partial charge is 0.325 e. The van der Waals surface area contributed by atoms with E-state index in [9.17, 15) is 4.79 Å². The summed E-state index contributed by atoms with van der Waals surface area (Å²) in [6.07, 6.45) is 6.65. The van der Waals surface area contributed by atoms with Crippen molar-refractivity contribution in [3.63, 3.8) is 0 Å². The maximum Gasteiger partial charge on any atom is 0.238 e. The molecule has 1 aromatic rings. The molecule has 0 aliphatic heterocycles. The Kier molecular flexibility index (Phi) is 5.60. The van der Waals surface area contributed by atoms with E-state index in [1.165, 1.54) is 37.7 Å². The van der Waals surface area contributed by atoms with Gasteiger partial charge in [0.2, 0.25) is 5.91 Å². The average molecular weight is 274 g/mol. The number of amides is 1. The van der Waals surface area contributed by atoms with Crippen molar-refractivity contribution in [3.05, 3.63) is 29.8 Å². The van der Waals surface area contributed by atoms with Gasteiger partial charge >= 0.3 is 0 Å². The van der Waals surface area contributed by atoms with Crippen LogP contribution < -0.4 is 10.6 Å². The van der Waals surface area contributed by atoms with E-state index in [-0.39, 0.29) is 5.91 Å². The van der Waals surface area contributed by atoms with E-state index >= 15 is 0 Å². The molecule has 2 rings (SSSR count). The van der Waals surface area contributed by atoms with Crippen molar-refractivity contribution >= 4 is 11.6 Å². The molecule has 0 heterocycles. The molecule has 1 saturated carbocycles. The standard InChI is InChI=1S/C17H26N2O/c1-13-8-10-16(11-9-13)19-17(20)12-18-14(2)15-6-4-3-5-7-15/h8-11,14-15,18H,3-7,12H2,1-2H3,(H,19,20)/t14-/m0/s1. The third-order valence-corrected chi connectivity index (χ3v) is 4.28. The summed E-state index contributed by atoms with van der Waals surface area (Å²) in [5.74, 6) is 0.771. The molecule has 0 bridgehead atoms. The fourth-order valence-corrected chi connectivity index (χ4v) is 2.90. The first-order chi connectivity index (χ1) is 9.65. The van der Waals surface area contributed by atoms with Gasteiger partial charge in [0, 0.05) is 11.7 Å². The second kappa shape index (κ2) is 7.44. The predicted octanol–water partition coefficient (Wildman–Crippen LogP) is 3.49. The fourth-order valence-electron chi connectivity index (χ4n) is 2.90. The number of aryl methyl sites for hydroxylation is 1. The summed E-state index contributed by atoms with van der Waals surface area (Å²) in [6.45, 7) is 4.64. The maximum absolute atomic E-state index is 11.9. The van der Waals surface area contributed by atoms with Crippen LogP contribution in [0.5, 0.6) is 0 Å². The topological polar surface area (TPSA) is 41.1 Å². The number of anilines is 1. The molecule has 110 valence electrons. The highest BCUT2D eigenvalue weighted by Gasteiger charge is 2.20. The van der Waals surface area contributed by atoms with Crippen molar-refractivity contribution in [1.29, 1.82) is 0 Å². The minimum Gasteiger partial charge on any atom is -0.325 e. The molecule has 1 fully saturated rings. The Morgan fingerprint density at radius 2 is 1.85 bits per heavy atom. The van der Waals surface area contributed by atoms with E-state index in [0.717, 1.165) is 11.6 Å². The molecule has 0 saturated heterocycles. The van der Waals surface area contributed by atoms with Gasteiger partial charge < -0.3 is 10.6 Å². The molecule has 1 aromatic carbocycles. The van der Waals surface area contributed by atoms with Crippen molar-refractivity contribution in [1.82, 2.24) is 5.32 Å². The molecule has 0 spiro atoms. The fraction of sp³-hybridized carbons (Fsp3) is 0.588. The van der Waals surface area contributed by atoms with Crippen LogP contribution in [0.1, 0.15) is 44.6 Å². The molecular formula is C17H26N2O. The summed E-state index contributed by atoms with van der Waals surface area (Å²) in [5, 5.41) is 6.30. The Balaban J connectivity index is 1.72. The van der Waals surface area contributed by atoms with E-state index in [4.69, 9.17) is 0 Å². The van der Waals surface area contributed by atoms with Gasteiger partial charge in [-0.3, -0.25) is 4.79 Å². The molecule has 3 heteroatoms. The summed E-state index contributed by atoms with van der Waals surface area (Å²) in [7, 11) is 0. The molecule has 2 N–H and O–H groups in total. The molecule has 1 atom stereocenters. The van der Waals surface area contributed by atoms with Crippen molar-refractivity contribution < 1.29 is 4.79 Å². The van der Waals surface area contributed by atoms with Crippen LogP contribution in [0, 0.1) is 12.8 Å². The monoisotopic (exact) mass is 274 g/mol. The van der Waals surface area contributed by atoms with Gasteiger partial charge in [0.05, 0.1) is 6.54 Å². The Bertz CT molecular complexity index is 421. The third-order valence-electron chi connectivity index (χ3n) is 4.28. The molecule has 20 heavy (non-hydrogen) atoms. The van der Waals surface area contributed by atoms with Crippen molar-refractivity contribution in [2.75, 3.05) is 11.9 Å². The Morgan fingerprint density at radius 3 is 2.50 bits per heavy atom. The van der Waals surface area contributed by atoms with Gasteiger partial charge in [0.15, 0.2) is 0 Å². The SMILES string of the molecule is Cc1ccc(NC(=O)CN[C@@H](C)C2CCCCC2)cc1. The molecule has 0 aromatic heterocycles. The lowest BCUT2D eigenvalue weighted by Crippen LogP contribution is -2.39. The van der Waals surface area contributed by atoms with Gasteiger partial charge in [0.1, 0.15) is 0 Å². The van der Waals surface area contributed by atoms with Crippen molar-refractivity contribution in [3.8, 4) is 0 Å². The lowest BCUT2D eigenvalue weighted by Gasteiger charge is -2.28. The smallest absolute Gasteiger partial charge is 0.238 e. The molecule has 1 amide bonds. The van der Waals surface area contributed by atoms with Crippen LogP contribution in [-0.4, -0.2) is 18.5 Å². The van der Waals surface area contributed by atoms with Crippen LogP contribution in [0.4, 0.5) is 5.69 Å². The lowest BCUT2D eigenvalue weighted by atomic mass is 9.84. The van der Waals surface area contributed by atoms with E-state index in [1.807, 2.05) is 31.2 Å². The highest BCUT2D eigenvalue weighted by molar-refractivity contribution is 5.92. The van der Waals surface area contributed by atoms with Gasteiger partial charge in [-0.1, -0.05) is 37.0 Å². The van der Waals surface area contributed by atoms with Crippen molar-refractivity contribution in [2.45, 2.75) is 52.0 Å². The van der Waals surface area contributed by atoms with Crippen LogP contribution in [0.15, 0.2) is 24.3 Å². The quantitative estimate of drug-likeness (QED) is 0.863. The number of benzene rings is 1. The summed E-state index contributed by atoms with van der Waals surface area (Å²) in [4.78, 5) is 11.9. The minimum absolute atomic E-state index is 0.0384. The predicted molar refractivity (Wildman–Crippen MR) is 83.8 cm³/mol. The zero-order valence-electron chi connectivity index (χ0n) is 12.6. The van der Waals surface area contributed by atoms with Crippen LogP contribution in [0.2, 0.25) is 0 Å². The Morgan fingerprint density at radius 1 is 1.20 bits per heavy atom. The third kappa shape index (κ3) is 4.64. The Hall–Kier alpha value is -1.35. The van der Waals surface area contributed by atoms with Crippen molar-refractivity contribution in [2.24, 2.45) is 5.92 Å². The van der Waals surface area contributed by atoms with Gasteiger partial charge in [-0.25, -0.2) is 0 Å². The van der Waals surface area contributed by atoms with E-state index in [2.05, 4.69) is 17.6 Å². The van der Waals surface area contributed by atoms with E-state index in [0.29, 0.717) is 12.6 Å². The molecule has 0 unspecified atom stereocenters. The first-order valence-electron chi connectivity index (χ1n) is 7.75. The van der Waals surface area contributed by atoms with Crippen LogP contribution in [-0.2, 0) is 4.79 Å². The second-order valence-corrected chi connectivity index (χ2v) is 5.98. The van der Waals surface area contributed by atoms with Gasteiger partial charge in [-0.2, -0.15) is 0 Å². The number of hydrogen-bond donors (Lipinski definition) is 2. The molecule has 3 nitrogen and oxygen atoms in total. The molecule has 1 aliphatic carbocycles. The summed E-state index contributed by atoms with van der Waals surface area (Å²) in [5.41, 5.74) is 2.07. The highest BCUT2D eigenvalue weighted by Crippen LogP contribution is 2.26. The first-order valence-corrected chi connectivity index (χ1v) is 7.75. The van der Waals surface area contributed by atoms with Gasteiger partial charge in [-0.05, 0) is 44.7 Å². The van der Waals surface area contributed by atoms with Crippen LogP contribution in [0.25, 0.3) is 0 Å². The van der Waals surface area contributed by atoms with Crippen LogP contribution in [0.3, 0.4) is 0 Å². The summed E-state index contributed by atoms with van der Waals surface area (Å²) < 4.78 is 0. The maximum atomic E-state index is 11.9. The highest BCUT2D eigenvalue weighted by atomic mass is 16.1. The normalized spacial score (nSPS) is 17.7. The van der Waals surface area contributed by atoms with Gasteiger partial charge in [-0.15, -0.1) is 0 Å². The molecule has 1 aliphatic rings. The van der Waals surface area contributed by atoms with Gasteiger partial charge in [0.25, 0.3) is 0 Å². The zero-order chi connectivity index (χ0) is 14.4. The van der Waals surface area contributed by atoms with Crippen LogP contribution >= 0.6 is 0 Å². The number of hydrogen-bond acceptors (Lipinski definition) is 2. The van der Waals surface area contributed by atoms with E-state index < -0.39 is 0 Å². The number of nitrogens with one attached hydrogen (secondary N) is 2. The zero-order valence-corrected chi connectivity index (χ0v) is 12.6. The van der Waals surface area contributed by atoms with E-state index in [1.54, 1.807) is 0 Å². The average Bonchev–Trinajstić information content (AvgIpc) is 2.48.